The van der Waals surface area contributed by atoms with Crippen LogP contribution in [0.1, 0.15) is 63.5 Å². The molecule has 6 rings (SSSR count). The van der Waals surface area contributed by atoms with Gasteiger partial charge in [0.25, 0.3) is 0 Å². The molecule has 4 atom stereocenters. The number of rotatable bonds is 4. The zero-order chi connectivity index (χ0) is 23.7. The number of hydrogen-bond acceptors (Lipinski definition) is 3. The Morgan fingerprint density at radius 2 is 1.29 bits per heavy atom. The molecule has 1 saturated heterocycles. The molecule has 0 unspecified atom stereocenters. The van der Waals surface area contributed by atoms with Crippen LogP contribution in [0, 0.1) is 22.7 Å². The first-order valence-electron chi connectivity index (χ1n) is 12.8. The minimum atomic E-state index is -1.01. The van der Waals surface area contributed by atoms with Crippen molar-refractivity contribution < 1.29 is 14.4 Å². The van der Waals surface area contributed by atoms with Crippen molar-refractivity contribution in [2.24, 2.45) is 22.7 Å². The molecule has 174 valence electrons. The van der Waals surface area contributed by atoms with E-state index in [0.717, 1.165) is 54.4 Å². The van der Waals surface area contributed by atoms with Gasteiger partial charge in [-0.25, -0.2) is 0 Å². The third kappa shape index (κ3) is 2.46. The van der Waals surface area contributed by atoms with Gasteiger partial charge in [-0.15, -0.1) is 0 Å². The van der Waals surface area contributed by atoms with Crippen LogP contribution in [0.3, 0.4) is 0 Å². The summed E-state index contributed by atoms with van der Waals surface area (Å²) in [4.78, 5) is 44.2. The Morgan fingerprint density at radius 3 is 1.85 bits per heavy atom. The van der Waals surface area contributed by atoms with Crippen molar-refractivity contribution in [2.45, 2.75) is 58.4 Å². The fourth-order valence-electron chi connectivity index (χ4n) is 7.85. The zero-order valence-electron chi connectivity index (χ0n) is 19.9. The average Bonchev–Trinajstić information content (AvgIpc) is 3.35. The number of carbonyl (C=O) groups excluding carboxylic acids is 3. The van der Waals surface area contributed by atoms with E-state index < -0.39 is 22.7 Å². The van der Waals surface area contributed by atoms with E-state index >= 15 is 0 Å². The Bertz CT molecular complexity index is 1210. The van der Waals surface area contributed by atoms with Gasteiger partial charge in [-0.3, -0.25) is 19.3 Å². The highest BCUT2D eigenvalue weighted by Crippen LogP contribution is 2.74. The molecular formula is C30H31NO3. The monoisotopic (exact) mass is 453 g/mol. The molecule has 2 bridgehead atoms. The zero-order valence-corrected chi connectivity index (χ0v) is 19.9. The van der Waals surface area contributed by atoms with Crippen LogP contribution in [0.25, 0.3) is 11.1 Å². The van der Waals surface area contributed by atoms with Gasteiger partial charge in [0, 0.05) is 6.04 Å². The normalized spacial score (nSPS) is 33.2. The lowest BCUT2D eigenvalue weighted by atomic mass is 9.61. The van der Waals surface area contributed by atoms with E-state index in [1.165, 1.54) is 0 Å². The van der Waals surface area contributed by atoms with Crippen molar-refractivity contribution in [3.05, 3.63) is 71.8 Å². The molecule has 0 N–H and O–H groups in total. The summed E-state index contributed by atoms with van der Waals surface area (Å²) in [5.41, 5.74) is 1.88. The molecule has 4 aliphatic rings. The highest BCUT2D eigenvalue weighted by Gasteiger charge is 2.79. The number of hydrogen-bond donors (Lipinski definition) is 0. The summed E-state index contributed by atoms with van der Waals surface area (Å²) in [5, 5.41) is 0. The maximum absolute atomic E-state index is 14.4. The first-order valence-corrected chi connectivity index (χ1v) is 12.8. The number of imide groups is 1. The van der Waals surface area contributed by atoms with Gasteiger partial charge in [0.2, 0.25) is 11.8 Å². The molecule has 2 aromatic carbocycles. The molecule has 2 aromatic rings. The number of ketones is 1. The molecule has 4 nitrogen and oxygen atoms in total. The molecule has 0 radical (unpaired) electrons. The van der Waals surface area contributed by atoms with Crippen molar-refractivity contribution in [1.29, 1.82) is 0 Å². The van der Waals surface area contributed by atoms with Crippen LogP contribution in [-0.4, -0.2) is 28.5 Å². The van der Waals surface area contributed by atoms with E-state index in [2.05, 4.69) is 0 Å². The first kappa shape index (κ1) is 21.5. The first-order chi connectivity index (χ1) is 16.5. The second kappa shape index (κ2) is 7.49. The fraction of sp³-hybridized carbons (Fsp3) is 0.433. The van der Waals surface area contributed by atoms with Crippen LogP contribution < -0.4 is 0 Å². The van der Waals surface area contributed by atoms with Gasteiger partial charge in [-0.1, -0.05) is 86.8 Å². The second-order valence-corrected chi connectivity index (χ2v) is 10.6. The number of benzene rings is 2. The number of amides is 2. The standard InChI is InChI=1S/C30H31NO3/c1-3-30-23(20-15-9-5-10-16-20)22(19-13-7-4-8-14-19)29(2,28(30)34)24-25(30)27(33)31(26(24)32)21-17-11-6-12-18-21/h4-5,7-10,13-16,21,24-25H,3,6,11-12,17-18H2,1-2H3/t24-,25+,29+,30-/m1/s1. The van der Waals surface area contributed by atoms with Gasteiger partial charge in [-0.2, -0.15) is 0 Å². The smallest absolute Gasteiger partial charge is 0.234 e. The summed E-state index contributed by atoms with van der Waals surface area (Å²) in [7, 11) is 0. The van der Waals surface area contributed by atoms with E-state index in [9.17, 15) is 14.4 Å². The molecule has 3 fully saturated rings. The molecule has 34 heavy (non-hydrogen) atoms. The number of likely N-dealkylation sites (tertiary alicyclic amines) is 1. The molecule has 1 aliphatic heterocycles. The summed E-state index contributed by atoms with van der Waals surface area (Å²) < 4.78 is 0. The Kier molecular flexibility index (Phi) is 4.74. The predicted octanol–water partition coefficient (Wildman–Crippen LogP) is 5.53. The molecule has 0 aromatic heterocycles. The topological polar surface area (TPSA) is 54.5 Å². The van der Waals surface area contributed by atoms with E-state index in [-0.39, 0.29) is 23.6 Å². The Balaban J connectivity index is 1.61. The van der Waals surface area contributed by atoms with Gasteiger partial charge < -0.3 is 0 Å². The van der Waals surface area contributed by atoms with Gasteiger partial charge in [-0.05, 0) is 48.5 Å². The summed E-state index contributed by atoms with van der Waals surface area (Å²) in [6.45, 7) is 3.96. The van der Waals surface area contributed by atoms with E-state index in [1.807, 2.05) is 74.5 Å². The van der Waals surface area contributed by atoms with E-state index in [0.29, 0.717) is 6.42 Å². The van der Waals surface area contributed by atoms with Gasteiger partial charge in [0.1, 0.15) is 0 Å². The second-order valence-electron chi connectivity index (χ2n) is 10.6. The Labute approximate surface area is 201 Å². The Hall–Kier alpha value is -3.01. The van der Waals surface area contributed by atoms with Crippen LogP contribution in [0.2, 0.25) is 0 Å². The van der Waals surface area contributed by atoms with E-state index in [4.69, 9.17) is 0 Å². The number of carbonyl (C=O) groups is 3. The third-order valence-corrected chi connectivity index (χ3v) is 9.21. The Morgan fingerprint density at radius 1 is 0.765 bits per heavy atom. The molecule has 1 heterocycles. The number of fused-ring (bicyclic) bond motifs is 5. The molecule has 0 spiro atoms. The van der Waals surface area contributed by atoms with Crippen molar-refractivity contribution in [3.8, 4) is 0 Å². The minimum Gasteiger partial charge on any atom is -0.298 e. The van der Waals surface area contributed by atoms with Crippen LogP contribution in [0.15, 0.2) is 60.7 Å². The van der Waals surface area contributed by atoms with Gasteiger partial charge >= 0.3 is 0 Å². The van der Waals surface area contributed by atoms with Crippen molar-refractivity contribution >= 4 is 28.7 Å². The molecule has 2 saturated carbocycles. The maximum atomic E-state index is 14.4. The van der Waals surface area contributed by atoms with Crippen LogP contribution in [0.4, 0.5) is 0 Å². The fourth-order valence-corrected chi connectivity index (χ4v) is 7.85. The highest BCUT2D eigenvalue weighted by molar-refractivity contribution is 6.29. The highest BCUT2D eigenvalue weighted by atomic mass is 16.2. The van der Waals surface area contributed by atoms with Crippen LogP contribution in [0.5, 0.6) is 0 Å². The number of allylic oxidation sites excluding steroid dienone is 2. The molecular weight excluding hydrogens is 422 g/mol. The van der Waals surface area contributed by atoms with Crippen molar-refractivity contribution in [1.82, 2.24) is 4.90 Å². The van der Waals surface area contributed by atoms with Crippen LogP contribution >= 0.6 is 0 Å². The molecule has 3 aliphatic carbocycles. The van der Waals surface area contributed by atoms with Crippen LogP contribution in [-0.2, 0) is 14.4 Å². The number of Topliss-reactive ketones (excluding diaryl/α,β-unsaturated/α-hetero) is 1. The summed E-state index contributed by atoms with van der Waals surface area (Å²) in [6.07, 6.45) is 5.54. The number of nitrogens with zero attached hydrogens (tertiary/aromatic N) is 1. The lowest BCUT2D eigenvalue weighted by Crippen LogP contribution is -2.46. The molecule has 2 amide bonds. The summed E-state index contributed by atoms with van der Waals surface area (Å²) >= 11 is 0. The lowest BCUT2D eigenvalue weighted by molar-refractivity contribution is -0.148. The third-order valence-electron chi connectivity index (χ3n) is 9.21. The SMILES string of the molecule is CC[C@@]12C(=O)[C@@](C)(C(c3ccccc3)=C1c1ccccc1)[C@H]1C(=O)N(C3CCCCC3)C(=O)[C@H]12. The maximum Gasteiger partial charge on any atom is 0.234 e. The average molecular weight is 454 g/mol. The predicted molar refractivity (Wildman–Crippen MR) is 131 cm³/mol. The van der Waals surface area contributed by atoms with E-state index in [1.54, 1.807) is 4.90 Å². The summed E-state index contributed by atoms with van der Waals surface area (Å²) in [6, 6.07) is 20.0. The van der Waals surface area contributed by atoms with Gasteiger partial charge in [0.05, 0.1) is 22.7 Å². The summed E-state index contributed by atoms with van der Waals surface area (Å²) in [5.74, 6) is -1.39. The lowest BCUT2D eigenvalue weighted by Gasteiger charge is -2.37. The largest absolute Gasteiger partial charge is 0.298 e. The molecule has 4 heteroatoms. The quantitative estimate of drug-likeness (QED) is 0.572. The van der Waals surface area contributed by atoms with Crippen molar-refractivity contribution in [3.63, 3.8) is 0 Å². The minimum absolute atomic E-state index is 0.0216. The van der Waals surface area contributed by atoms with Crippen molar-refractivity contribution in [2.75, 3.05) is 0 Å². The van der Waals surface area contributed by atoms with Gasteiger partial charge in [0.15, 0.2) is 5.78 Å².